The van der Waals surface area contributed by atoms with E-state index in [9.17, 15) is 14.7 Å². The van der Waals surface area contributed by atoms with Crippen LogP contribution in [0.4, 0.5) is 0 Å². The van der Waals surface area contributed by atoms with Crippen molar-refractivity contribution in [2.45, 2.75) is 45.2 Å². The summed E-state index contributed by atoms with van der Waals surface area (Å²) in [7, 11) is 1.61. The van der Waals surface area contributed by atoms with Crippen molar-refractivity contribution in [3.8, 4) is 22.8 Å². The van der Waals surface area contributed by atoms with Crippen LogP contribution in [0.2, 0.25) is 0 Å². The maximum atomic E-state index is 13.4. The largest absolute Gasteiger partial charge is 0.496 e. The molecular formula is C31H32N4O5. The minimum Gasteiger partial charge on any atom is -0.496 e. The molecule has 2 N–H and O–H groups in total. The van der Waals surface area contributed by atoms with Gasteiger partial charge < -0.3 is 19.9 Å². The lowest BCUT2D eigenvalue weighted by atomic mass is 9.50. The molecule has 1 amide bonds. The molecule has 2 aromatic carbocycles. The molecule has 0 atom stereocenters. The third kappa shape index (κ3) is 4.76. The molecule has 9 nitrogen and oxygen atoms in total. The van der Waals surface area contributed by atoms with Crippen LogP contribution in [-0.2, 0) is 11.3 Å². The number of nitrogens with zero attached hydrogens (tertiary/aromatic N) is 3. The second-order valence-electron chi connectivity index (χ2n) is 10.9. The SMILES string of the molecule is CCOc1ccc(-c2ccc(Cn3ncc4c(OC)ccc(C(=O)NC5CC6(C5)CC(C(=O)O)C6)c43)cc2)cn1. The van der Waals surface area contributed by atoms with Crippen molar-refractivity contribution in [1.82, 2.24) is 20.1 Å². The molecule has 2 aromatic heterocycles. The molecule has 40 heavy (non-hydrogen) atoms. The molecule has 6 rings (SSSR count). The number of pyridine rings is 1. The first-order chi connectivity index (χ1) is 19.4. The number of ether oxygens (including phenoxy) is 2. The van der Waals surface area contributed by atoms with E-state index in [0.717, 1.165) is 40.4 Å². The van der Waals surface area contributed by atoms with Gasteiger partial charge in [-0.2, -0.15) is 5.10 Å². The van der Waals surface area contributed by atoms with Crippen LogP contribution < -0.4 is 14.8 Å². The smallest absolute Gasteiger partial charge is 0.306 e. The van der Waals surface area contributed by atoms with Crippen LogP contribution in [0.15, 0.2) is 60.9 Å². The lowest BCUT2D eigenvalue weighted by Gasteiger charge is -2.56. The molecule has 2 fully saturated rings. The maximum Gasteiger partial charge on any atom is 0.306 e. The lowest BCUT2D eigenvalue weighted by Crippen LogP contribution is -2.57. The number of aromatic nitrogens is 3. The zero-order chi connectivity index (χ0) is 27.9. The Hall–Kier alpha value is -4.40. The third-order valence-corrected chi connectivity index (χ3v) is 8.28. The van der Waals surface area contributed by atoms with Crippen molar-refractivity contribution in [3.05, 3.63) is 72.1 Å². The van der Waals surface area contributed by atoms with Crippen molar-refractivity contribution in [3.63, 3.8) is 0 Å². The number of carbonyl (C=O) groups is 2. The number of nitrogens with one attached hydrogen (secondary N) is 1. The van der Waals surface area contributed by atoms with Crippen LogP contribution in [0.25, 0.3) is 22.0 Å². The summed E-state index contributed by atoms with van der Waals surface area (Å²) < 4.78 is 12.8. The lowest BCUT2D eigenvalue weighted by molar-refractivity contribution is -0.155. The number of amides is 1. The van der Waals surface area contributed by atoms with E-state index in [0.29, 0.717) is 43.2 Å². The second kappa shape index (κ2) is 10.3. The average molecular weight is 541 g/mol. The number of aliphatic carboxylic acids is 1. The van der Waals surface area contributed by atoms with Crippen molar-refractivity contribution in [1.29, 1.82) is 0 Å². The molecular weight excluding hydrogens is 508 g/mol. The topological polar surface area (TPSA) is 116 Å². The molecule has 0 saturated heterocycles. The Labute approximate surface area is 232 Å². The van der Waals surface area contributed by atoms with Gasteiger partial charge in [-0.15, -0.1) is 0 Å². The molecule has 2 heterocycles. The maximum absolute atomic E-state index is 13.4. The highest BCUT2D eigenvalue weighted by Gasteiger charge is 2.55. The van der Waals surface area contributed by atoms with Crippen molar-refractivity contribution in [2.24, 2.45) is 11.3 Å². The summed E-state index contributed by atoms with van der Waals surface area (Å²) in [6.45, 7) is 3.00. The van der Waals surface area contributed by atoms with E-state index in [4.69, 9.17) is 9.47 Å². The second-order valence-corrected chi connectivity index (χ2v) is 10.9. The summed E-state index contributed by atoms with van der Waals surface area (Å²) in [5.74, 6) is 0.165. The summed E-state index contributed by atoms with van der Waals surface area (Å²) >= 11 is 0. The van der Waals surface area contributed by atoms with Gasteiger partial charge >= 0.3 is 5.97 Å². The number of benzene rings is 2. The number of fused-ring (bicyclic) bond motifs is 1. The summed E-state index contributed by atoms with van der Waals surface area (Å²) in [6, 6.07) is 15.7. The Bertz CT molecular complexity index is 1550. The van der Waals surface area contributed by atoms with Gasteiger partial charge in [-0.25, -0.2) is 4.98 Å². The fourth-order valence-electron chi connectivity index (χ4n) is 6.26. The third-order valence-electron chi connectivity index (χ3n) is 8.28. The Kier molecular flexibility index (Phi) is 6.65. The van der Waals surface area contributed by atoms with Gasteiger partial charge in [0.25, 0.3) is 5.91 Å². The van der Waals surface area contributed by atoms with Gasteiger partial charge in [-0.05, 0) is 67.3 Å². The summed E-state index contributed by atoms with van der Waals surface area (Å²) in [4.78, 5) is 29.0. The van der Waals surface area contributed by atoms with Gasteiger partial charge in [0, 0.05) is 23.9 Å². The molecule has 0 bridgehead atoms. The molecule has 2 aliphatic carbocycles. The van der Waals surface area contributed by atoms with Gasteiger partial charge in [-0.1, -0.05) is 24.3 Å². The van der Waals surface area contributed by atoms with Gasteiger partial charge in [-0.3, -0.25) is 14.3 Å². The highest BCUT2D eigenvalue weighted by Crippen LogP contribution is 2.58. The Morgan fingerprint density at radius 1 is 1.02 bits per heavy atom. The first-order valence-electron chi connectivity index (χ1n) is 13.6. The molecule has 4 aromatic rings. The number of hydrogen-bond acceptors (Lipinski definition) is 6. The molecule has 206 valence electrons. The number of methoxy groups -OCH3 is 1. The molecule has 2 aliphatic rings. The fourth-order valence-corrected chi connectivity index (χ4v) is 6.26. The van der Waals surface area contributed by atoms with E-state index in [1.165, 1.54) is 0 Å². The molecule has 0 radical (unpaired) electrons. The Morgan fingerprint density at radius 2 is 1.77 bits per heavy atom. The molecule has 1 spiro atoms. The number of carboxylic acid groups (broad SMARTS) is 1. The van der Waals surface area contributed by atoms with Crippen LogP contribution in [0.5, 0.6) is 11.6 Å². The molecule has 2 saturated carbocycles. The molecule has 9 heteroatoms. The minimum atomic E-state index is -0.713. The zero-order valence-corrected chi connectivity index (χ0v) is 22.6. The number of hydrogen-bond donors (Lipinski definition) is 2. The van der Waals surface area contributed by atoms with Crippen LogP contribution in [0, 0.1) is 11.3 Å². The number of carboxylic acids is 1. The van der Waals surface area contributed by atoms with Crippen molar-refractivity contribution in [2.75, 3.05) is 13.7 Å². The van der Waals surface area contributed by atoms with Crippen molar-refractivity contribution < 1.29 is 24.2 Å². The predicted molar refractivity (Wildman–Crippen MR) is 150 cm³/mol. The van der Waals surface area contributed by atoms with Crippen LogP contribution in [0.3, 0.4) is 0 Å². The average Bonchev–Trinajstić information content (AvgIpc) is 3.33. The van der Waals surface area contributed by atoms with E-state index < -0.39 is 5.97 Å². The predicted octanol–water partition coefficient (Wildman–Crippen LogP) is 4.93. The van der Waals surface area contributed by atoms with E-state index in [1.807, 2.05) is 35.9 Å². The summed E-state index contributed by atoms with van der Waals surface area (Å²) in [5, 5.41) is 17.8. The first-order valence-corrected chi connectivity index (χ1v) is 13.6. The quantitative estimate of drug-likeness (QED) is 0.309. The van der Waals surface area contributed by atoms with Crippen molar-refractivity contribution >= 4 is 22.8 Å². The monoisotopic (exact) mass is 540 g/mol. The Morgan fingerprint density at radius 3 is 2.42 bits per heavy atom. The zero-order valence-electron chi connectivity index (χ0n) is 22.6. The molecule has 0 aliphatic heterocycles. The normalized spacial score (nSPS) is 21.4. The van der Waals surface area contributed by atoms with E-state index in [2.05, 4.69) is 27.5 Å². The van der Waals surface area contributed by atoms with E-state index in [-0.39, 0.29) is 23.3 Å². The van der Waals surface area contributed by atoms with Gasteiger partial charge in [0.1, 0.15) is 5.75 Å². The fraction of sp³-hybridized carbons (Fsp3) is 0.355. The van der Waals surface area contributed by atoms with Gasteiger partial charge in [0.05, 0.1) is 48.8 Å². The van der Waals surface area contributed by atoms with Crippen LogP contribution >= 0.6 is 0 Å². The van der Waals surface area contributed by atoms with Crippen LogP contribution in [-0.4, -0.2) is 51.5 Å². The molecule has 0 unspecified atom stereocenters. The van der Waals surface area contributed by atoms with Gasteiger partial charge in [0.15, 0.2) is 0 Å². The minimum absolute atomic E-state index is 0.0559. The first kappa shape index (κ1) is 25.9. The summed E-state index contributed by atoms with van der Waals surface area (Å²) in [6.07, 6.45) is 6.63. The van der Waals surface area contributed by atoms with Gasteiger partial charge in [0.2, 0.25) is 5.88 Å². The van der Waals surface area contributed by atoms with E-state index in [1.54, 1.807) is 31.6 Å². The summed E-state index contributed by atoms with van der Waals surface area (Å²) in [5.41, 5.74) is 4.45. The number of rotatable bonds is 9. The highest BCUT2D eigenvalue weighted by molar-refractivity contribution is 6.07. The number of carbonyl (C=O) groups excluding carboxylic acids is 1. The van der Waals surface area contributed by atoms with E-state index >= 15 is 0 Å². The Balaban J connectivity index is 1.19. The highest BCUT2D eigenvalue weighted by atomic mass is 16.5. The standard InChI is InChI=1S/C31H32N4O5/c1-3-40-27-11-8-21(16-32-27)20-6-4-19(5-7-20)18-35-28-24(9-10-26(39-2)25(28)17-33-35)29(36)34-23-14-31(15-23)12-22(13-31)30(37)38/h4-11,16-17,22-23H,3,12-15,18H2,1-2H3,(H,34,36)(H,37,38). The van der Waals surface area contributed by atoms with Crippen LogP contribution in [0.1, 0.15) is 48.5 Å².